The van der Waals surface area contributed by atoms with E-state index >= 15 is 0 Å². The van der Waals surface area contributed by atoms with Gasteiger partial charge in [-0.3, -0.25) is 10.1 Å². The molecule has 1 aromatic carbocycles. The maximum absolute atomic E-state index is 11.0. The third kappa shape index (κ3) is 3.45. The van der Waals surface area contributed by atoms with Gasteiger partial charge in [-0.1, -0.05) is 11.6 Å². The van der Waals surface area contributed by atoms with Crippen molar-refractivity contribution < 1.29 is 9.66 Å². The Morgan fingerprint density at radius 1 is 1.33 bits per heavy atom. The Hall–Kier alpha value is -2.68. The fourth-order valence-corrected chi connectivity index (χ4v) is 1.59. The number of hydrogen-bond donors (Lipinski definition) is 1. The number of nitrogens with two attached hydrogens (primary N) is 1. The zero-order chi connectivity index (χ0) is 15.6. The van der Waals surface area contributed by atoms with Crippen LogP contribution in [0.1, 0.15) is 0 Å². The second-order valence-corrected chi connectivity index (χ2v) is 4.58. The SMILES string of the molecule is CN(C)c1nc(N)nc(Oc2ccc(Cl)cc2[N+](=O)[O-])n1. The number of hydrogen-bond acceptors (Lipinski definition) is 8. The number of benzene rings is 1. The standard InChI is InChI=1S/C11H11ClN6O3/c1-17(2)10-14-9(13)15-11(16-10)21-8-4-3-6(12)5-7(8)18(19)20/h3-5H,1-2H3,(H2,13,14,15,16). The van der Waals surface area contributed by atoms with Gasteiger partial charge in [-0.15, -0.1) is 0 Å². The lowest BCUT2D eigenvalue weighted by Gasteiger charge is -2.11. The zero-order valence-corrected chi connectivity index (χ0v) is 11.9. The molecule has 0 fully saturated rings. The summed E-state index contributed by atoms with van der Waals surface area (Å²) in [5, 5.41) is 11.2. The topological polar surface area (TPSA) is 120 Å². The van der Waals surface area contributed by atoms with Crippen LogP contribution in [0.5, 0.6) is 11.8 Å². The molecule has 110 valence electrons. The van der Waals surface area contributed by atoms with Crippen molar-refractivity contribution >= 4 is 29.2 Å². The van der Waals surface area contributed by atoms with Gasteiger partial charge >= 0.3 is 11.7 Å². The molecule has 0 unspecified atom stereocenters. The van der Waals surface area contributed by atoms with E-state index in [1.54, 1.807) is 19.0 Å². The van der Waals surface area contributed by atoms with Gasteiger partial charge in [0.1, 0.15) is 0 Å². The normalized spacial score (nSPS) is 10.2. The van der Waals surface area contributed by atoms with Crippen LogP contribution in [0.15, 0.2) is 18.2 Å². The molecule has 0 atom stereocenters. The third-order valence-corrected chi connectivity index (χ3v) is 2.57. The Bertz CT molecular complexity index is 694. The summed E-state index contributed by atoms with van der Waals surface area (Å²) in [5.41, 5.74) is 5.25. The number of aromatic nitrogens is 3. The highest BCUT2D eigenvalue weighted by Gasteiger charge is 2.18. The van der Waals surface area contributed by atoms with E-state index < -0.39 is 4.92 Å². The monoisotopic (exact) mass is 310 g/mol. The molecule has 21 heavy (non-hydrogen) atoms. The first-order chi connectivity index (χ1) is 9.86. The molecular formula is C11H11ClN6O3. The quantitative estimate of drug-likeness (QED) is 0.671. The van der Waals surface area contributed by atoms with Gasteiger partial charge in [-0.2, -0.15) is 15.0 Å². The molecule has 0 amide bonds. The van der Waals surface area contributed by atoms with Gasteiger partial charge < -0.3 is 15.4 Å². The van der Waals surface area contributed by atoms with E-state index in [0.29, 0.717) is 0 Å². The fraction of sp³-hybridized carbons (Fsp3) is 0.182. The molecule has 0 aliphatic rings. The summed E-state index contributed by atoms with van der Waals surface area (Å²) in [7, 11) is 3.42. The van der Waals surface area contributed by atoms with Crippen LogP contribution in [-0.4, -0.2) is 34.0 Å². The molecule has 0 bridgehead atoms. The van der Waals surface area contributed by atoms with E-state index in [0.717, 1.165) is 0 Å². The maximum atomic E-state index is 11.0. The minimum atomic E-state index is -0.612. The lowest BCUT2D eigenvalue weighted by Crippen LogP contribution is -2.15. The van der Waals surface area contributed by atoms with E-state index in [2.05, 4.69) is 15.0 Å². The Labute approximate surface area is 124 Å². The average Bonchev–Trinajstić information content (AvgIpc) is 2.40. The summed E-state index contributed by atoms with van der Waals surface area (Å²) < 4.78 is 5.33. The predicted octanol–water partition coefficient (Wildman–Crippen LogP) is 1.87. The molecule has 0 spiro atoms. The van der Waals surface area contributed by atoms with Gasteiger partial charge in [0.15, 0.2) is 0 Å². The molecule has 0 radical (unpaired) electrons. The second-order valence-electron chi connectivity index (χ2n) is 4.14. The van der Waals surface area contributed by atoms with Gasteiger partial charge in [-0.25, -0.2) is 0 Å². The number of nitrogen functional groups attached to an aromatic ring is 1. The van der Waals surface area contributed by atoms with Crippen molar-refractivity contribution in [2.24, 2.45) is 0 Å². The Morgan fingerprint density at radius 3 is 2.67 bits per heavy atom. The van der Waals surface area contributed by atoms with Gasteiger partial charge in [0, 0.05) is 25.2 Å². The number of ether oxygens (including phenoxy) is 1. The molecule has 1 aromatic heterocycles. The van der Waals surface area contributed by atoms with Crippen LogP contribution in [0.25, 0.3) is 0 Å². The van der Waals surface area contributed by atoms with E-state index in [1.165, 1.54) is 18.2 Å². The number of halogens is 1. The molecule has 1 heterocycles. The van der Waals surface area contributed by atoms with Gasteiger partial charge in [-0.05, 0) is 12.1 Å². The van der Waals surface area contributed by atoms with Crippen LogP contribution in [0.4, 0.5) is 17.6 Å². The minimum absolute atomic E-state index is 0.0419. The molecule has 2 rings (SSSR count). The second kappa shape index (κ2) is 5.75. The van der Waals surface area contributed by atoms with Crippen molar-refractivity contribution in [3.05, 3.63) is 33.3 Å². The van der Waals surface area contributed by atoms with E-state index in [4.69, 9.17) is 22.1 Å². The molecule has 2 aromatic rings. The Balaban J connectivity index is 2.41. The first-order valence-corrected chi connectivity index (χ1v) is 6.05. The van der Waals surface area contributed by atoms with E-state index in [1.807, 2.05) is 0 Å². The number of nitro groups is 1. The highest BCUT2D eigenvalue weighted by molar-refractivity contribution is 6.30. The van der Waals surface area contributed by atoms with Crippen LogP contribution in [0.2, 0.25) is 5.02 Å². The molecular weight excluding hydrogens is 300 g/mol. The maximum Gasteiger partial charge on any atom is 0.328 e. The first-order valence-electron chi connectivity index (χ1n) is 5.67. The van der Waals surface area contributed by atoms with Crippen molar-refractivity contribution in [2.45, 2.75) is 0 Å². The average molecular weight is 311 g/mol. The van der Waals surface area contributed by atoms with Crippen molar-refractivity contribution in [3.8, 4) is 11.8 Å². The summed E-state index contributed by atoms with van der Waals surface area (Å²) in [4.78, 5) is 23.6. The highest BCUT2D eigenvalue weighted by atomic mass is 35.5. The summed E-state index contributed by atoms with van der Waals surface area (Å²) >= 11 is 5.73. The molecule has 2 N–H and O–H groups in total. The lowest BCUT2D eigenvalue weighted by molar-refractivity contribution is -0.385. The van der Waals surface area contributed by atoms with Crippen molar-refractivity contribution in [1.29, 1.82) is 0 Å². The van der Waals surface area contributed by atoms with Crippen LogP contribution >= 0.6 is 11.6 Å². The van der Waals surface area contributed by atoms with Crippen LogP contribution in [0, 0.1) is 10.1 Å². The van der Waals surface area contributed by atoms with Crippen LogP contribution in [0.3, 0.4) is 0 Å². The lowest BCUT2D eigenvalue weighted by atomic mass is 10.3. The number of anilines is 2. The summed E-state index contributed by atoms with van der Waals surface area (Å²) in [6, 6.07) is 3.85. The molecule has 0 saturated heterocycles. The fourth-order valence-electron chi connectivity index (χ4n) is 1.42. The van der Waals surface area contributed by atoms with Crippen LogP contribution < -0.4 is 15.4 Å². The van der Waals surface area contributed by atoms with Crippen molar-refractivity contribution in [1.82, 2.24) is 15.0 Å². The van der Waals surface area contributed by atoms with Crippen LogP contribution in [-0.2, 0) is 0 Å². The highest BCUT2D eigenvalue weighted by Crippen LogP contribution is 2.32. The summed E-state index contributed by atoms with van der Waals surface area (Å²) in [6.07, 6.45) is 0. The first kappa shape index (κ1) is 14.7. The Kier molecular flexibility index (Phi) is 4.03. The van der Waals surface area contributed by atoms with E-state index in [9.17, 15) is 10.1 Å². The smallest absolute Gasteiger partial charge is 0.328 e. The largest absolute Gasteiger partial charge is 0.417 e. The predicted molar refractivity (Wildman–Crippen MR) is 76.7 cm³/mol. The molecule has 0 aliphatic heterocycles. The van der Waals surface area contributed by atoms with Gasteiger partial charge in [0.25, 0.3) is 0 Å². The zero-order valence-electron chi connectivity index (χ0n) is 11.1. The van der Waals surface area contributed by atoms with Crippen molar-refractivity contribution in [2.75, 3.05) is 24.7 Å². The van der Waals surface area contributed by atoms with Crippen molar-refractivity contribution in [3.63, 3.8) is 0 Å². The molecule has 9 nitrogen and oxygen atoms in total. The minimum Gasteiger partial charge on any atom is -0.417 e. The summed E-state index contributed by atoms with van der Waals surface area (Å²) in [5.74, 6) is 0.175. The molecule has 0 aliphatic carbocycles. The van der Waals surface area contributed by atoms with Gasteiger partial charge in [0.05, 0.1) is 4.92 Å². The number of nitrogens with zero attached hydrogens (tertiary/aromatic N) is 5. The summed E-state index contributed by atoms with van der Waals surface area (Å²) in [6.45, 7) is 0. The molecule has 0 saturated carbocycles. The Morgan fingerprint density at radius 2 is 2.05 bits per heavy atom. The number of rotatable bonds is 4. The third-order valence-electron chi connectivity index (χ3n) is 2.34. The van der Waals surface area contributed by atoms with E-state index in [-0.39, 0.29) is 34.4 Å². The number of nitro benzene ring substituents is 1. The van der Waals surface area contributed by atoms with Gasteiger partial charge in [0.2, 0.25) is 17.6 Å². The molecule has 10 heteroatoms.